The first-order valence-corrected chi connectivity index (χ1v) is 10.9. The fourth-order valence-corrected chi connectivity index (χ4v) is 2.71. The van der Waals surface area contributed by atoms with Crippen molar-refractivity contribution in [3.8, 4) is 22.8 Å². The molecular weight excluding hydrogens is 330 g/mol. The first-order valence-electron chi connectivity index (χ1n) is 6.58. The number of hydrogen-bond donors (Lipinski definition) is 0. The van der Waals surface area contributed by atoms with Crippen LogP contribution in [0.4, 0.5) is 0 Å². The summed E-state index contributed by atoms with van der Waals surface area (Å²) in [5, 5.41) is 4.09. The quantitative estimate of drug-likeness (QED) is 0.574. The summed E-state index contributed by atoms with van der Waals surface area (Å²) in [4.78, 5) is 0. The number of nitrogens with zero attached hydrogens (tertiary/aromatic N) is 1. The summed E-state index contributed by atoms with van der Waals surface area (Å²) in [6.45, 7) is 8.71. The summed E-state index contributed by atoms with van der Waals surface area (Å²) in [5.74, 6) is 4.13. The lowest BCUT2D eigenvalue weighted by Crippen LogP contribution is -2.16. The molecule has 0 fully saturated rings. The van der Waals surface area contributed by atoms with Crippen molar-refractivity contribution < 1.29 is 4.52 Å². The van der Waals surface area contributed by atoms with Gasteiger partial charge in [-0.1, -0.05) is 52.9 Å². The number of aromatic nitrogens is 1. The van der Waals surface area contributed by atoms with Crippen LogP contribution in [0, 0.1) is 18.4 Å². The first kappa shape index (κ1) is 15.1. The van der Waals surface area contributed by atoms with Crippen molar-refractivity contribution in [2.45, 2.75) is 33.0 Å². The Bertz CT molecular complexity index is 657. The summed E-state index contributed by atoms with van der Waals surface area (Å²) in [6, 6.07) is 8.06. The molecule has 0 bridgehead atoms. The molecule has 20 heavy (non-hydrogen) atoms. The van der Waals surface area contributed by atoms with E-state index in [0.29, 0.717) is 6.42 Å². The highest BCUT2D eigenvalue weighted by atomic mass is 79.9. The van der Waals surface area contributed by atoms with E-state index in [1.54, 1.807) is 0 Å². The molecule has 0 saturated carbocycles. The Morgan fingerprint density at radius 1 is 1.20 bits per heavy atom. The Kier molecular flexibility index (Phi) is 4.51. The third-order valence-corrected chi connectivity index (χ3v) is 4.28. The molecule has 0 unspecified atom stereocenters. The molecule has 0 spiro atoms. The van der Waals surface area contributed by atoms with E-state index in [1.807, 2.05) is 31.2 Å². The highest BCUT2D eigenvalue weighted by molar-refractivity contribution is 9.10. The van der Waals surface area contributed by atoms with Crippen LogP contribution in [0.25, 0.3) is 11.3 Å². The minimum atomic E-state index is -1.33. The van der Waals surface area contributed by atoms with Gasteiger partial charge in [0.15, 0.2) is 5.76 Å². The Morgan fingerprint density at radius 3 is 2.45 bits per heavy atom. The van der Waals surface area contributed by atoms with Gasteiger partial charge >= 0.3 is 0 Å². The summed E-state index contributed by atoms with van der Waals surface area (Å²) in [5.41, 5.74) is 6.45. The number of benzene rings is 1. The van der Waals surface area contributed by atoms with Gasteiger partial charge in [0.2, 0.25) is 0 Å². The molecule has 4 heteroatoms. The second kappa shape index (κ2) is 5.98. The standard InChI is InChI=1S/C16H18BrNOSi/c1-12-15(6-5-11-20(2,3)4)16(19-18-12)13-7-9-14(17)10-8-13/h7-10H,6H2,1-4H3. The topological polar surface area (TPSA) is 26.0 Å². The summed E-state index contributed by atoms with van der Waals surface area (Å²) >= 11 is 3.44. The van der Waals surface area contributed by atoms with E-state index >= 15 is 0 Å². The Labute approximate surface area is 129 Å². The van der Waals surface area contributed by atoms with Crippen LogP contribution >= 0.6 is 15.9 Å². The van der Waals surface area contributed by atoms with Crippen LogP contribution in [0.3, 0.4) is 0 Å². The van der Waals surface area contributed by atoms with Crippen LogP contribution < -0.4 is 0 Å². The van der Waals surface area contributed by atoms with Crippen molar-refractivity contribution >= 4 is 24.0 Å². The SMILES string of the molecule is Cc1noc(-c2ccc(Br)cc2)c1CC#C[Si](C)(C)C. The van der Waals surface area contributed by atoms with Gasteiger partial charge in [-0.3, -0.25) is 0 Å². The molecule has 0 saturated heterocycles. The lowest BCUT2D eigenvalue weighted by molar-refractivity contribution is 0.427. The average molecular weight is 348 g/mol. The van der Waals surface area contributed by atoms with Gasteiger partial charge in [-0.05, 0) is 19.1 Å². The lowest BCUT2D eigenvalue weighted by Gasteiger charge is -2.04. The smallest absolute Gasteiger partial charge is 0.171 e. The maximum atomic E-state index is 5.48. The predicted molar refractivity (Wildman–Crippen MR) is 89.2 cm³/mol. The third-order valence-electron chi connectivity index (χ3n) is 2.82. The van der Waals surface area contributed by atoms with Crippen LogP contribution in [0.15, 0.2) is 33.3 Å². The third kappa shape index (κ3) is 3.84. The van der Waals surface area contributed by atoms with Crippen LogP contribution in [0.2, 0.25) is 19.6 Å². The minimum Gasteiger partial charge on any atom is -0.356 e. The van der Waals surface area contributed by atoms with Gasteiger partial charge in [-0.15, -0.1) is 11.5 Å². The van der Waals surface area contributed by atoms with E-state index < -0.39 is 8.07 Å². The van der Waals surface area contributed by atoms with E-state index in [1.165, 1.54) is 0 Å². The fraction of sp³-hybridized carbons (Fsp3) is 0.312. The largest absolute Gasteiger partial charge is 0.356 e. The number of hydrogen-bond acceptors (Lipinski definition) is 2. The lowest BCUT2D eigenvalue weighted by atomic mass is 10.1. The maximum Gasteiger partial charge on any atom is 0.171 e. The monoisotopic (exact) mass is 347 g/mol. The van der Waals surface area contributed by atoms with Gasteiger partial charge in [0.1, 0.15) is 8.07 Å². The fourth-order valence-electron chi connectivity index (χ4n) is 1.82. The van der Waals surface area contributed by atoms with Gasteiger partial charge in [0, 0.05) is 22.0 Å². The molecule has 2 rings (SSSR count). The molecule has 0 amide bonds. The van der Waals surface area contributed by atoms with Crippen molar-refractivity contribution in [3.63, 3.8) is 0 Å². The van der Waals surface area contributed by atoms with Gasteiger partial charge < -0.3 is 4.52 Å². The van der Waals surface area contributed by atoms with Gasteiger partial charge in [0.25, 0.3) is 0 Å². The van der Waals surface area contributed by atoms with E-state index in [-0.39, 0.29) is 0 Å². The van der Waals surface area contributed by atoms with Gasteiger partial charge in [-0.25, -0.2) is 0 Å². The van der Waals surface area contributed by atoms with Crippen LogP contribution in [0.5, 0.6) is 0 Å². The van der Waals surface area contributed by atoms with E-state index in [4.69, 9.17) is 4.52 Å². The molecule has 0 radical (unpaired) electrons. The Balaban J connectivity index is 2.32. The zero-order chi connectivity index (χ0) is 14.8. The number of rotatable bonds is 2. The first-order chi connectivity index (χ1) is 9.37. The normalized spacial score (nSPS) is 11.1. The van der Waals surface area contributed by atoms with Gasteiger partial charge in [0.05, 0.1) is 5.69 Å². The van der Waals surface area contributed by atoms with Gasteiger partial charge in [-0.2, -0.15) is 0 Å². The average Bonchev–Trinajstić information content (AvgIpc) is 2.71. The van der Waals surface area contributed by atoms with Crippen LogP contribution in [-0.4, -0.2) is 13.2 Å². The molecular formula is C16H18BrNOSi. The van der Waals surface area contributed by atoms with Crippen molar-refractivity contribution in [1.29, 1.82) is 0 Å². The summed E-state index contributed by atoms with van der Waals surface area (Å²) in [7, 11) is -1.33. The molecule has 0 aliphatic rings. The highest BCUT2D eigenvalue weighted by Gasteiger charge is 2.14. The number of aryl methyl sites for hydroxylation is 1. The predicted octanol–water partition coefficient (Wildman–Crippen LogP) is 4.84. The van der Waals surface area contributed by atoms with E-state index in [0.717, 1.165) is 27.1 Å². The second-order valence-corrected chi connectivity index (χ2v) is 11.5. The summed E-state index contributed by atoms with van der Waals surface area (Å²) < 4.78 is 6.54. The van der Waals surface area contributed by atoms with Crippen LogP contribution in [-0.2, 0) is 6.42 Å². The Hall–Kier alpha value is -1.31. The van der Waals surface area contributed by atoms with E-state index in [2.05, 4.69) is 52.2 Å². The zero-order valence-corrected chi connectivity index (χ0v) is 14.8. The highest BCUT2D eigenvalue weighted by Crippen LogP contribution is 2.27. The van der Waals surface area contributed by atoms with E-state index in [9.17, 15) is 0 Å². The van der Waals surface area contributed by atoms with Crippen molar-refractivity contribution in [3.05, 3.63) is 40.0 Å². The molecule has 0 N–H and O–H groups in total. The Morgan fingerprint density at radius 2 is 1.85 bits per heavy atom. The molecule has 2 nitrogen and oxygen atoms in total. The minimum absolute atomic E-state index is 0.699. The summed E-state index contributed by atoms with van der Waals surface area (Å²) in [6.07, 6.45) is 0.699. The molecule has 2 aromatic rings. The molecule has 0 aliphatic heterocycles. The molecule has 104 valence electrons. The maximum absolute atomic E-state index is 5.48. The second-order valence-electron chi connectivity index (χ2n) is 5.81. The van der Waals surface area contributed by atoms with Crippen LogP contribution in [0.1, 0.15) is 11.3 Å². The molecule has 1 aromatic heterocycles. The van der Waals surface area contributed by atoms with Crippen molar-refractivity contribution in [2.24, 2.45) is 0 Å². The molecule has 1 aromatic carbocycles. The molecule has 0 atom stereocenters. The van der Waals surface area contributed by atoms with Crippen molar-refractivity contribution in [2.75, 3.05) is 0 Å². The molecule has 0 aliphatic carbocycles. The number of halogens is 1. The zero-order valence-electron chi connectivity index (χ0n) is 12.2. The molecule has 1 heterocycles. The van der Waals surface area contributed by atoms with Crippen molar-refractivity contribution in [1.82, 2.24) is 5.16 Å².